The van der Waals surface area contributed by atoms with Crippen LogP contribution in [0.25, 0.3) is 0 Å². The number of halogens is 2. The van der Waals surface area contributed by atoms with Crippen molar-refractivity contribution in [1.82, 2.24) is 20.3 Å². The largest absolute Gasteiger partial charge is 0.495 e. The van der Waals surface area contributed by atoms with Gasteiger partial charge in [0.2, 0.25) is 0 Å². The van der Waals surface area contributed by atoms with Crippen LogP contribution in [0.4, 0.5) is 0 Å². The number of hydrogen-bond donors (Lipinski definition) is 1. The third-order valence-electron chi connectivity index (χ3n) is 2.82. The van der Waals surface area contributed by atoms with Gasteiger partial charge in [-0.1, -0.05) is 21.1 Å². The monoisotopic (exact) mass is 402 g/mol. The lowest BCUT2D eigenvalue weighted by Crippen LogP contribution is -2.17. The van der Waals surface area contributed by atoms with Crippen LogP contribution in [0.15, 0.2) is 33.5 Å². The van der Waals surface area contributed by atoms with Gasteiger partial charge in [0.15, 0.2) is 0 Å². The number of benzene rings is 1. The lowest BCUT2D eigenvalue weighted by atomic mass is 10.2. The summed E-state index contributed by atoms with van der Waals surface area (Å²) in [6.07, 6.45) is 4.56. The van der Waals surface area contributed by atoms with Gasteiger partial charge in [0.05, 0.1) is 17.8 Å². The number of nitrogens with zero attached hydrogens (tertiary/aromatic N) is 3. The number of aromatic nitrogens is 3. The van der Waals surface area contributed by atoms with Crippen molar-refractivity contribution < 1.29 is 4.74 Å². The van der Waals surface area contributed by atoms with Crippen LogP contribution in [-0.2, 0) is 13.1 Å². The molecule has 0 saturated heterocycles. The van der Waals surface area contributed by atoms with Crippen LogP contribution in [-0.4, -0.2) is 28.6 Å². The van der Waals surface area contributed by atoms with Crippen LogP contribution in [0.1, 0.15) is 12.0 Å². The molecule has 1 N–H and O–H groups in total. The molecule has 2 rings (SSSR count). The second kappa shape index (κ2) is 7.75. The van der Waals surface area contributed by atoms with Gasteiger partial charge in [0, 0.05) is 29.3 Å². The molecule has 20 heavy (non-hydrogen) atoms. The van der Waals surface area contributed by atoms with E-state index >= 15 is 0 Å². The fourth-order valence-corrected chi connectivity index (χ4v) is 3.39. The van der Waals surface area contributed by atoms with E-state index in [4.69, 9.17) is 4.74 Å². The second-order valence-electron chi connectivity index (χ2n) is 4.28. The zero-order valence-electron chi connectivity index (χ0n) is 11.1. The highest BCUT2D eigenvalue weighted by molar-refractivity contribution is 9.11. The van der Waals surface area contributed by atoms with Crippen molar-refractivity contribution >= 4 is 31.9 Å². The van der Waals surface area contributed by atoms with E-state index in [2.05, 4.69) is 53.6 Å². The summed E-state index contributed by atoms with van der Waals surface area (Å²) < 4.78 is 9.23. The maximum atomic E-state index is 5.42. The number of nitrogens with one attached hydrogen (secondary N) is 1. The van der Waals surface area contributed by atoms with E-state index in [1.807, 2.05) is 16.9 Å². The number of rotatable bonds is 7. The predicted octanol–water partition coefficient (Wildman–Crippen LogP) is 2.99. The molecule has 108 valence electrons. The van der Waals surface area contributed by atoms with Crippen LogP contribution in [0, 0.1) is 0 Å². The van der Waals surface area contributed by atoms with Gasteiger partial charge in [-0.25, -0.2) is 0 Å². The highest BCUT2D eigenvalue weighted by atomic mass is 79.9. The molecular weight excluding hydrogens is 388 g/mol. The van der Waals surface area contributed by atoms with E-state index in [0.717, 1.165) is 46.3 Å². The molecule has 0 aliphatic heterocycles. The van der Waals surface area contributed by atoms with Crippen molar-refractivity contribution in [3.8, 4) is 5.75 Å². The Labute approximate surface area is 135 Å². The first kappa shape index (κ1) is 15.5. The van der Waals surface area contributed by atoms with Gasteiger partial charge in [0.1, 0.15) is 5.75 Å². The SMILES string of the molecule is COc1c(Br)cc(Br)cc1CNCCCn1ccnn1. The third kappa shape index (κ3) is 4.29. The minimum Gasteiger partial charge on any atom is -0.495 e. The first-order valence-corrected chi connectivity index (χ1v) is 7.86. The van der Waals surface area contributed by atoms with Gasteiger partial charge in [-0.3, -0.25) is 4.68 Å². The van der Waals surface area contributed by atoms with E-state index in [1.165, 1.54) is 0 Å². The maximum Gasteiger partial charge on any atom is 0.137 e. The average Bonchev–Trinajstić information content (AvgIpc) is 2.91. The molecular formula is C13H16Br2N4O. The van der Waals surface area contributed by atoms with E-state index in [1.54, 1.807) is 13.3 Å². The minimum absolute atomic E-state index is 0.762. The summed E-state index contributed by atoms with van der Waals surface area (Å²) in [4.78, 5) is 0. The fourth-order valence-electron chi connectivity index (χ4n) is 1.91. The molecule has 1 aromatic carbocycles. The van der Waals surface area contributed by atoms with Crippen molar-refractivity contribution in [2.75, 3.05) is 13.7 Å². The van der Waals surface area contributed by atoms with Gasteiger partial charge in [-0.2, -0.15) is 0 Å². The number of aryl methyl sites for hydroxylation is 1. The molecule has 1 heterocycles. The molecule has 0 unspecified atom stereocenters. The van der Waals surface area contributed by atoms with E-state index in [-0.39, 0.29) is 0 Å². The van der Waals surface area contributed by atoms with E-state index in [0.29, 0.717) is 0 Å². The maximum absolute atomic E-state index is 5.42. The molecule has 2 aromatic rings. The number of ether oxygens (including phenoxy) is 1. The highest BCUT2D eigenvalue weighted by Crippen LogP contribution is 2.32. The van der Waals surface area contributed by atoms with Crippen LogP contribution >= 0.6 is 31.9 Å². The third-order valence-corrected chi connectivity index (χ3v) is 3.86. The van der Waals surface area contributed by atoms with Crippen LogP contribution in [0.2, 0.25) is 0 Å². The van der Waals surface area contributed by atoms with Gasteiger partial charge < -0.3 is 10.1 Å². The Balaban J connectivity index is 1.81. The van der Waals surface area contributed by atoms with Crippen LogP contribution in [0.3, 0.4) is 0 Å². The molecule has 0 aliphatic rings. The standard InChI is InChI=1S/C13H16Br2N4O/c1-20-13-10(7-11(14)8-12(13)15)9-16-3-2-5-19-6-4-17-18-19/h4,6-8,16H,2-3,5,9H2,1H3. The van der Waals surface area contributed by atoms with Crippen LogP contribution in [0.5, 0.6) is 5.75 Å². The molecule has 1 aromatic heterocycles. The summed E-state index contributed by atoms with van der Waals surface area (Å²) in [5, 5.41) is 11.1. The van der Waals surface area contributed by atoms with Gasteiger partial charge in [-0.15, -0.1) is 5.10 Å². The molecule has 0 atom stereocenters. The Kier molecular flexibility index (Phi) is 6.00. The summed E-state index contributed by atoms with van der Waals surface area (Å²) in [5.41, 5.74) is 1.12. The molecule has 7 heteroatoms. The van der Waals surface area contributed by atoms with Gasteiger partial charge >= 0.3 is 0 Å². The lowest BCUT2D eigenvalue weighted by molar-refractivity contribution is 0.404. The van der Waals surface area contributed by atoms with Crippen molar-refractivity contribution in [1.29, 1.82) is 0 Å². The summed E-state index contributed by atoms with van der Waals surface area (Å²) in [5.74, 6) is 0.872. The second-order valence-corrected chi connectivity index (χ2v) is 6.05. The molecule has 0 saturated carbocycles. The molecule has 5 nitrogen and oxygen atoms in total. The first-order valence-electron chi connectivity index (χ1n) is 6.27. The summed E-state index contributed by atoms with van der Waals surface area (Å²) in [6, 6.07) is 4.04. The highest BCUT2D eigenvalue weighted by Gasteiger charge is 2.08. The first-order chi connectivity index (χ1) is 9.70. The van der Waals surface area contributed by atoms with Crippen molar-refractivity contribution in [3.05, 3.63) is 39.0 Å². The molecule has 0 amide bonds. The fraction of sp³-hybridized carbons (Fsp3) is 0.385. The van der Waals surface area contributed by atoms with Crippen molar-refractivity contribution in [3.63, 3.8) is 0 Å². The van der Waals surface area contributed by atoms with Crippen molar-refractivity contribution in [2.24, 2.45) is 0 Å². The van der Waals surface area contributed by atoms with E-state index < -0.39 is 0 Å². The molecule has 0 aliphatic carbocycles. The Morgan fingerprint density at radius 3 is 2.90 bits per heavy atom. The average molecular weight is 404 g/mol. The zero-order valence-corrected chi connectivity index (χ0v) is 14.3. The van der Waals surface area contributed by atoms with E-state index in [9.17, 15) is 0 Å². The summed E-state index contributed by atoms with van der Waals surface area (Å²) in [6.45, 7) is 2.54. The Morgan fingerprint density at radius 2 is 2.20 bits per heavy atom. The Bertz CT molecular complexity index is 546. The predicted molar refractivity (Wildman–Crippen MR) is 84.7 cm³/mol. The molecule has 0 fully saturated rings. The number of hydrogen-bond acceptors (Lipinski definition) is 4. The summed E-state index contributed by atoms with van der Waals surface area (Å²) in [7, 11) is 1.68. The summed E-state index contributed by atoms with van der Waals surface area (Å²) >= 11 is 7.00. The molecule has 0 radical (unpaired) electrons. The smallest absolute Gasteiger partial charge is 0.137 e. The topological polar surface area (TPSA) is 52.0 Å². The van der Waals surface area contributed by atoms with Crippen molar-refractivity contribution in [2.45, 2.75) is 19.5 Å². The normalized spacial score (nSPS) is 10.8. The lowest BCUT2D eigenvalue weighted by Gasteiger charge is -2.12. The minimum atomic E-state index is 0.762. The van der Waals surface area contributed by atoms with Gasteiger partial charge in [-0.05, 0) is 41.0 Å². The molecule has 0 spiro atoms. The Hall–Kier alpha value is -0.920. The van der Waals surface area contributed by atoms with Crippen LogP contribution < -0.4 is 10.1 Å². The molecule has 0 bridgehead atoms. The Morgan fingerprint density at radius 1 is 1.35 bits per heavy atom. The van der Waals surface area contributed by atoms with Gasteiger partial charge in [0.25, 0.3) is 0 Å². The quantitative estimate of drug-likeness (QED) is 0.722. The number of methoxy groups -OCH3 is 1. The zero-order chi connectivity index (χ0) is 14.4.